The van der Waals surface area contributed by atoms with E-state index in [-0.39, 0.29) is 5.54 Å². The number of hydrogen-bond acceptors (Lipinski definition) is 2. The van der Waals surface area contributed by atoms with Gasteiger partial charge in [-0.05, 0) is 45.7 Å². The minimum atomic E-state index is 0.156. The first-order chi connectivity index (χ1) is 8.83. The van der Waals surface area contributed by atoms with E-state index in [9.17, 15) is 0 Å². The molecule has 0 amide bonds. The van der Waals surface area contributed by atoms with Gasteiger partial charge in [-0.25, -0.2) is 0 Å². The fraction of sp³-hybridized carbons (Fsp3) is 0.647. The number of hydrogen-bond donors (Lipinski definition) is 1. The molecule has 0 saturated carbocycles. The monoisotopic (exact) mass is 262 g/mol. The average molecular weight is 262 g/mol. The Hall–Kier alpha value is -1.02. The van der Waals surface area contributed by atoms with Gasteiger partial charge in [0.2, 0.25) is 0 Å². The van der Waals surface area contributed by atoms with Crippen LogP contribution in [0.3, 0.4) is 0 Å². The van der Waals surface area contributed by atoms with Crippen molar-refractivity contribution in [1.29, 1.82) is 0 Å². The van der Waals surface area contributed by atoms with Crippen LogP contribution in [-0.2, 0) is 6.54 Å². The second kappa shape index (κ2) is 6.95. The molecule has 0 aliphatic heterocycles. The van der Waals surface area contributed by atoms with Crippen molar-refractivity contribution in [2.45, 2.75) is 59.5 Å². The Balaban J connectivity index is 2.85. The molecule has 0 unspecified atom stereocenters. The summed E-state index contributed by atoms with van der Waals surface area (Å²) in [6, 6.07) is 6.76. The molecule has 0 saturated heterocycles. The van der Waals surface area contributed by atoms with Crippen molar-refractivity contribution < 1.29 is 0 Å². The van der Waals surface area contributed by atoms with Gasteiger partial charge in [0.15, 0.2) is 0 Å². The van der Waals surface area contributed by atoms with E-state index in [0.717, 1.165) is 13.1 Å². The molecule has 1 aromatic rings. The third-order valence-electron chi connectivity index (χ3n) is 3.30. The Morgan fingerprint density at radius 2 is 1.89 bits per heavy atom. The van der Waals surface area contributed by atoms with E-state index in [4.69, 9.17) is 0 Å². The third-order valence-corrected chi connectivity index (χ3v) is 3.30. The lowest BCUT2D eigenvalue weighted by Gasteiger charge is -2.26. The molecule has 0 radical (unpaired) electrons. The molecule has 0 heterocycles. The predicted octanol–water partition coefficient (Wildman–Crippen LogP) is 4.12. The van der Waals surface area contributed by atoms with Crippen molar-refractivity contribution in [3.63, 3.8) is 0 Å². The second-order valence-corrected chi connectivity index (χ2v) is 6.51. The molecular weight excluding hydrogens is 232 g/mol. The summed E-state index contributed by atoms with van der Waals surface area (Å²) < 4.78 is 0. The molecule has 1 rings (SSSR count). The minimum absolute atomic E-state index is 0.156. The van der Waals surface area contributed by atoms with Crippen molar-refractivity contribution in [2.24, 2.45) is 0 Å². The summed E-state index contributed by atoms with van der Waals surface area (Å²) in [7, 11) is 2.20. The van der Waals surface area contributed by atoms with Crippen LogP contribution in [0.25, 0.3) is 0 Å². The van der Waals surface area contributed by atoms with Gasteiger partial charge in [-0.1, -0.05) is 31.0 Å². The van der Waals surface area contributed by atoms with Crippen molar-refractivity contribution in [3.05, 3.63) is 29.3 Å². The summed E-state index contributed by atoms with van der Waals surface area (Å²) in [5, 5.41) is 3.59. The van der Waals surface area contributed by atoms with Gasteiger partial charge in [-0.2, -0.15) is 0 Å². The number of aryl methyl sites for hydroxylation is 1. The van der Waals surface area contributed by atoms with Crippen LogP contribution in [0.5, 0.6) is 0 Å². The van der Waals surface area contributed by atoms with Gasteiger partial charge >= 0.3 is 0 Å². The molecule has 19 heavy (non-hydrogen) atoms. The maximum atomic E-state index is 3.59. The highest BCUT2D eigenvalue weighted by Gasteiger charge is 2.12. The number of rotatable bonds is 6. The number of nitrogens with zero attached hydrogens (tertiary/aromatic N) is 1. The number of nitrogens with one attached hydrogen (secondary N) is 1. The van der Waals surface area contributed by atoms with Gasteiger partial charge in [0, 0.05) is 31.4 Å². The number of benzene rings is 1. The van der Waals surface area contributed by atoms with E-state index in [0.29, 0.717) is 0 Å². The van der Waals surface area contributed by atoms with E-state index < -0.39 is 0 Å². The van der Waals surface area contributed by atoms with Gasteiger partial charge < -0.3 is 10.2 Å². The Bertz CT molecular complexity index is 391. The molecule has 1 N–H and O–H groups in total. The molecule has 0 aromatic heterocycles. The summed E-state index contributed by atoms with van der Waals surface area (Å²) in [6.45, 7) is 13.1. The summed E-state index contributed by atoms with van der Waals surface area (Å²) >= 11 is 0. The molecular formula is C17H30N2. The van der Waals surface area contributed by atoms with Gasteiger partial charge in [-0.15, -0.1) is 0 Å². The highest BCUT2D eigenvalue weighted by molar-refractivity contribution is 5.54. The first-order valence-corrected chi connectivity index (χ1v) is 7.39. The lowest BCUT2D eigenvalue weighted by Crippen LogP contribution is -2.35. The van der Waals surface area contributed by atoms with Gasteiger partial charge in [-0.3, -0.25) is 0 Å². The average Bonchev–Trinajstić information content (AvgIpc) is 2.32. The predicted molar refractivity (Wildman–Crippen MR) is 85.9 cm³/mol. The van der Waals surface area contributed by atoms with Crippen LogP contribution in [0.15, 0.2) is 18.2 Å². The fourth-order valence-electron chi connectivity index (χ4n) is 2.10. The van der Waals surface area contributed by atoms with E-state index in [2.05, 4.69) is 70.1 Å². The Morgan fingerprint density at radius 3 is 2.47 bits per heavy atom. The summed E-state index contributed by atoms with van der Waals surface area (Å²) in [4.78, 5) is 2.38. The smallest absolute Gasteiger partial charge is 0.0409 e. The fourth-order valence-corrected chi connectivity index (χ4v) is 2.10. The highest BCUT2D eigenvalue weighted by atomic mass is 15.1. The summed E-state index contributed by atoms with van der Waals surface area (Å²) in [6.07, 6.45) is 2.49. The van der Waals surface area contributed by atoms with Crippen molar-refractivity contribution >= 4 is 5.69 Å². The maximum absolute atomic E-state index is 3.59. The molecule has 0 spiro atoms. The van der Waals surface area contributed by atoms with Crippen LogP contribution in [0.1, 0.15) is 51.7 Å². The zero-order chi connectivity index (χ0) is 14.5. The highest BCUT2D eigenvalue weighted by Crippen LogP contribution is 2.22. The zero-order valence-corrected chi connectivity index (χ0v) is 13.5. The molecule has 2 nitrogen and oxygen atoms in total. The van der Waals surface area contributed by atoms with Crippen LogP contribution in [0, 0.1) is 6.92 Å². The largest absolute Gasteiger partial charge is 0.374 e. The SMILES string of the molecule is CCCCN(C)c1ccc(C)cc1CNC(C)(C)C. The Kier molecular flexibility index (Phi) is 5.86. The third kappa shape index (κ3) is 5.65. The molecule has 0 aliphatic carbocycles. The minimum Gasteiger partial charge on any atom is -0.374 e. The first kappa shape index (κ1) is 16.0. The van der Waals surface area contributed by atoms with E-state index >= 15 is 0 Å². The van der Waals surface area contributed by atoms with Crippen LogP contribution in [-0.4, -0.2) is 19.1 Å². The van der Waals surface area contributed by atoms with Crippen molar-refractivity contribution in [2.75, 3.05) is 18.5 Å². The molecule has 0 fully saturated rings. The van der Waals surface area contributed by atoms with Gasteiger partial charge in [0.1, 0.15) is 0 Å². The number of unbranched alkanes of at least 4 members (excludes halogenated alkanes) is 1. The van der Waals surface area contributed by atoms with Crippen LogP contribution in [0.4, 0.5) is 5.69 Å². The zero-order valence-electron chi connectivity index (χ0n) is 13.5. The topological polar surface area (TPSA) is 15.3 Å². The lowest BCUT2D eigenvalue weighted by atomic mass is 10.1. The Morgan fingerprint density at radius 1 is 1.21 bits per heavy atom. The summed E-state index contributed by atoms with van der Waals surface area (Å²) in [5.74, 6) is 0. The molecule has 0 aliphatic rings. The van der Waals surface area contributed by atoms with Gasteiger partial charge in [0.25, 0.3) is 0 Å². The van der Waals surface area contributed by atoms with Crippen molar-refractivity contribution in [3.8, 4) is 0 Å². The van der Waals surface area contributed by atoms with Crippen LogP contribution >= 0.6 is 0 Å². The standard InChI is InChI=1S/C17H30N2/c1-7-8-11-19(6)16-10-9-14(2)12-15(16)13-18-17(3,4)5/h9-10,12,18H,7-8,11,13H2,1-6H3. The molecule has 108 valence electrons. The molecule has 2 heteroatoms. The van der Waals surface area contributed by atoms with E-state index in [1.807, 2.05) is 0 Å². The first-order valence-electron chi connectivity index (χ1n) is 7.39. The van der Waals surface area contributed by atoms with Crippen LogP contribution in [0.2, 0.25) is 0 Å². The summed E-state index contributed by atoms with van der Waals surface area (Å²) in [5.41, 5.74) is 4.24. The molecule has 1 aromatic carbocycles. The van der Waals surface area contributed by atoms with E-state index in [1.165, 1.54) is 29.7 Å². The normalized spacial score (nSPS) is 11.7. The van der Waals surface area contributed by atoms with E-state index in [1.54, 1.807) is 0 Å². The van der Waals surface area contributed by atoms with Gasteiger partial charge in [0.05, 0.1) is 0 Å². The Labute approximate surface area is 119 Å². The lowest BCUT2D eigenvalue weighted by molar-refractivity contribution is 0.424. The van der Waals surface area contributed by atoms with Crippen LogP contribution < -0.4 is 10.2 Å². The number of anilines is 1. The molecule has 0 atom stereocenters. The van der Waals surface area contributed by atoms with Crippen molar-refractivity contribution in [1.82, 2.24) is 5.32 Å². The molecule has 0 bridgehead atoms. The maximum Gasteiger partial charge on any atom is 0.0409 e. The quantitative estimate of drug-likeness (QED) is 0.829. The second-order valence-electron chi connectivity index (χ2n) is 6.51.